The molecule has 94 valence electrons. The number of rotatable bonds is 2. The van der Waals surface area contributed by atoms with E-state index >= 15 is 0 Å². The third-order valence-corrected chi connectivity index (χ3v) is 3.25. The van der Waals surface area contributed by atoms with Crippen LogP contribution in [0.25, 0.3) is 10.9 Å². The van der Waals surface area contributed by atoms with Crippen molar-refractivity contribution in [3.8, 4) is 0 Å². The second-order valence-electron chi connectivity index (χ2n) is 4.45. The van der Waals surface area contributed by atoms with Gasteiger partial charge >= 0.3 is 0 Å². The first kappa shape index (κ1) is 11.5. The number of amides is 1. The van der Waals surface area contributed by atoms with Gasteiger partial charge in [0.2, 0.25) is 0 Å². The van der Waals surface area contributed by atoms with E-state index in [1.54, 1.807) is 11.9 Å². The molecule has 0 unspecified atom stereocenters. The van der Waals surface area contributed by atoms with Gasteiger partial charge in [-0.15, -0.1) is 0 Å². The van der Waals surface area contributed by atoms with Crippen LogP contribution in [0.4, 0.5) is 5.69 Å². The van der Waals surface area contributed by atoms with E-state index in [0.29, 0.717) is 5.56 Å². The molecule has 0 aliphatic carbocycles. The van der Waals surface area contributed by atoms with Crippen LogP contribution in [0, 0.1) is 0 Å². The molecule has 0 spiro atoms. The molecule has 19 heavy (non-hydrogen) atoms. The van der Waals surface area contributed by atoms with Crippen LogP contribution in [0.5, 0.6) is 0 Å². The molecule has 0 aliphatic rings. The van der Waals surface area contributed by atoms with Gasteiger partial charge in [-0.2, -0.15) is 0 Å². The standard InChI is InChI=1S/C16H14N2O/c1-18(16(19)12-7-3-2-4-8-12)15-11-17-14-10-6-5-9-13(14)15/h2-11,17H,1H3. The van der Waals surface area contributed by atoms with E-state index in [4.69, 9.17) is 0 Å². The van der Waals surface area contributed by atoms with Crippen molar-refractivity contribution in [1.82, 2.24) is 4.98 Å². The average molecular weight is 250 g/mol. The molecule has 0 atom stereocenters. The maximum atomic E-state index is 12.4. The molecule has 3 aromatic rings. The number of hydrogen-bond acceptors (Lipinski definition) is 1. The highest BCUT2D eigenvalue weighted by Crippen LogP contribution is 2.26. The molecular formula is C16H14N2O. The summed E-state index contributed by atoms with van der Waals surface area (Å²) < 4.78 is 0. The number of hydrogen-bond donors (Lipinski definition) is 1. The van der Waals surface area contributed by atoms with Crippen molar-refractivity contribution in [2.75, 3.05) is 11.9 Å². The molecule has 0 bridgehead atoms. The number of anilines is 1. The maximum absolute atomic E-state index is 12.4. The fraction of sp³-hybridized carbons (Fsp3) is 0.0625. The van der Waals surface area contributed by atoms with E-state index < -0.39 is 0 Å². The molecule has 0 saturated carbocycles. The minimum Gasteiger partial charge on any atom is -0.359 e. The summed E-state index contributed by atoms with van der Waals surface area (Å²) in [5.74, 6) is -0.00893. The number of aromatic nitrogens is 1. The van der Waals surface area contributed by atoms with Gasteiger partial charge < -0.3 is 9.88 Å². The second-order valence-corrected chi connectivity index (χ2v) is 4.45. The van der Waals surface area contributed by atoms with Crippen molar-refractivity contribution in [3.05, 3.63) is 66.4 Å². The van der Waals surface area contributed by atoms with Gasteiger partial charge in [0, 0.05) is 29.7 Å². The third kappa shape index (κ3) is 1.99. The molecule has 1 aromatic heterocycles. The van der Waals surface area contributed by atoms with Gasteiger partial charge in [0.15, 0.2) is 0 Å². The Bertz CT molecular complexity index is 716. The Morgan fingerprint density at radius 1 is 1.00 bits per heavy atom. The molecule has 1 N–H and O–H groups in total. The van der Waals surface area contributed by atoms with Crippen LogP contribution in [0.15, 0.2) is 60.8 Å². The lowest BCUT2D eigenvalue weighted by Crippen LogP contribution is -2.25. The topological polar surface area (TPSA) is 36.1 Å². The fourth-order valence-electron chi connectivity index (χ4n) is 2.22. The number of nitrogens with zero attached hydrogens (tertiary/aromatic N) is 1. The number of aromatic amines is 1. The fourth-order valence-corrected chi connectivity index (χ4v) is 2.22. The largest absolute Gasteiger partial charge is 0.359 e. The summed E-state index contributed by atoms with van der Waals surface area (Å²) >= 11 is 0. The zero-order valence-corrected chi connectivity index (χ0v) is 10.6. The van der Waals surface area contributed by atoms with E-state index in [2.05, 4.69) is 4.98 Å². The van der Waals surface area contributed by atoms with Gasteiger partial charge in [-0.1, -0.05) is 36.4 Å². The Labute approximate surface area is 111 Å². The van der Waals surface area contributed by atoms with Gasteiger partial charge in [-0.3, -0.25) is 4.79 Å². The number of H-pyrrole nitrogens is 1. The quantitative estimate of drug-likeness (QED) is 0.743. The van der Waals surface area contributed by atoms with E-state index in [1.165, 1.54) is 0 Å². The van der Waals surface area contributed by atoms with Crippen molar-refractivity contribution < 1.29 is 4.79 Å². The first-order valence-electron chi connectivity index (χ1n) is 6.16. The van der Waals surface area contributed by atoms with Crippen molar-refractivity contribution in [3.63, 3.8) is 0 Å². The molecule has 3 rings (SSSR count). The highest BCUT2D eigenvalue weighted by molar-refractivity contribution is 6.10. The van der Waals surface area contributed by atoms with Gasteiger partial charge in [-0.05, 0) is 18.2 Å². The molecule has 1 amide bonds. The van der Waals surface area contributed by atoms with Crippen molar-refractivity contribution in [2.45, 2.75) is 0 Å². The summed E-state index contributed by atoms with van der Waals surface area (Å²) in [6, 6.07) is 17.3. The summed E-state index contributed by atoms with van der Waals surface area (Å²) in [5, 5.41) is 1.05. The lowest BCUT2D eigenvalue weighted by atomic mass is 10.2. The summed E-state index contributed by atoms with van der Waals surface area (Å²) in [5.41, 5.74) is 2.62. The van der Waals surface area contributed by atoms with E-state index in [0.717, 1.165) is 16.6 Å². The van der Waals surface area contributed by atoms with Gasteiger partial charge in [0.1, 0.15) is 0 Å². The van der Waals surface area contributed by atoms with Crippen LogP contribution >= 0.6 is 0 Å². The van der Waals surface area contributed by atoms with Crippen LogP contribution in [-0.4, -0.2) is 17.9 Å². The molecule has 0 aliphatic heterocycles. The van der Waals surface area contributed by atoms with Gasteiger partial charge in [0.25, 0.3) is 5.91 Å². The average Bonchev–Trinajstić information content (AvgIpc) is 2.90. The second kappa shape index (κ2) is 4.61. The number of benzene rings is 2. The summed E-state index contributed by atoms with van der Waals surface area (Å²) in [6.45, 7) is 0. The summed E-state index contributed by atoms with van der Waals surface area (Å²) in [4.78, 5) is 17.3. The first-order chi connectivity index (χ1) is 9.27. The minimum absolute atomic E-state index is 0.00893. The minimum atomic E-state index is -0.00893. The Morgan fingerprint density at radius 2 is 1.68 bits per heavy atom. The first-order valence-corrected chi connectivity index (χ1v) is 6.16. The number of carbonyl (C=O) groups excluding carboxylic acids is 1. The zero-order valence-electron chi connectivity index (χ0n) is 10.6. The molecule has 0 radical (unpaired) electrons. The summed E-state index contributed by atoms with van der Waals surface area (Å²) in [6.07, 6.45) is 1.87. The van der Waals surface area contributed by atoms with Crippen molar-refractivity contribution in [2.24, 2.45) is 0 Å². The Balaban J connectivity index is 2.00. The van der Waals surface area contributed by atoms with E-state index in [1.807, 2.05) is 60.8 Å². The van der Waals surface area contributed by atoms with Crippen LogP contribution in [0.3, 0.4) is 0 Å². The van der Waals surface area contributed by atoms with Crippen LogP contribution in [0.1, 0.15) is 10.4 Å². The van der Waals surface area contributed by atoms with Gasteiger partial charge in [0.05, 0.1) is 5.69 Å². The van der Waals surface area contributed by atoms with Crippen molar-refractivity contribution >= 4 is 22.5 Å². The third-order valence-electron chi connectivity index (χ3n) is 3.25. The van der Waals surface area contributed by atoms with Crippen LogP contribution < -0.4 is 4.90 Å². The van der Waals surface area contributed by atoms with Crippen LogP contribution in [-0.2, 0) is 0 Å². The normalized spacial score (nSPS) is 10.6. The molecule has 0 saturated heterocycles. The Kier molecular flexibility index (Phi) is 2.80. The Hall–Kier alpha value is -2.55. The van der Waals surface area contributed by atoms with E-state index in [9.17, 15) is 4.79 Å². The van der Waals surface area contributed by atoms with Crippen LogP contribution in [0.2, 0.25) is 0 Å². The Morgan fingerprint density at radius 3 is 2.47 bits per heavy atom. The number of para-hydroxylation sites is 1. The summed E-state index contributed by atoms with van der Waals surface area (Å²) in [7, 11) is 1.80. The zero-order chi connectivity index (χ0) is 13.2. The predicted octanol–water partition coefficient (Wildman–Crippen LogP) is 3.44. The molecule has 0 fully saturated rings. The van der Waals surface area contributed by atoms with Gasteiger partial charge in [-0.25, -0.2) is 0 Å². The smallest absolute Gasteiger partial charge is 0.258 e. The van der Waals surface area contributed by atoms with E-state index in [-0.39, 0.29) is 5.91 Å². The highest BCUT2D eigenvalue weighted by Gasteiger charge is 2.15. The van der Waals surface area contributed by atoms with Crippen molar-refractivity contribution in [1.29, 1.82) is 0 Å². The molecule has 2 aromatic carbocycles. The molecule has 1 heterocycles. The monoisotopic (exact) mass is 250 g/mol. The number of fused-ring (bicyclic) bond motifs is 1. The number of nitrogens with one attached hydrogen (secondary N) is 1. The molecular weight excluding hydrogens is 236 g/mol. The maximum Gasteiger partial charge on any atom is 0.258 e. The predicted molar refractivity (Wildman–Crippen MR) is 77.5 cm³/mol. The lowest BCUT2D eigenvalue weighted by molar-refractivity contribution is 0.0993. The molecule has 3 nitrogen and oxygen atoms in total. The lowest BCUT2D eigenvalue weighted by Gasteiger charge is -2.16. The molecule has 3 heteroatoms. The SMILES string of the molecule is CN(C(=O)c1ccccc1)c1c[nH]c2ccccc12. The highest BCUT2D eigenvalue weighted by atomic mass is 16.2. The number of carbonyl (C=O) groups is 1.